The highest BCUT2D eigenvalue weighted by molar-refractivity contribution is 5.15. The van der Waals surface area contributed by atoms with Crippen molar-refractivity contribution >= 4 is 0 Å². The predicted octanol–water partition coefficient (Wildman–Crippen LogP) is 4.32. The summed E-state index contributed by atoms with van der Waals surface area (Å²) in [5.74, 6) is 4.46. The second kappa shape index (κ2) is 4.51. The molecule has 2 rings (SSSR count). The first-order valence-electron chi connectivity index (χ1n) is 7.99. The molecule has 0 aromatic carbocycles. The maximum Gasteiger partial charge on any atom is -0.00147 e. The van der Waals surface area contributed by atoms with Gasteiger partial charge in [0.15, 0.2) is 0 Å². The molecule has 0 aliphatic heterocycles. The predicted molar refractivity (Wildman–Crippen MR) is 79.3 cm³/mol. The molecule has 0 radical (unpaired) electrons. The first-order valence-corrected chi connectivity index (χ1v) is 7.99. The lowest BCUT2D eigenvalue weighted by molar-refractivity contribution is 0.0410. The quantitative estimate of drug-likeness (QED) is 0.774. The molecule has 2 aliphatic rings. The van der Waals surface area contributed by atoms with E-state index >= 15 is 0 Å². The second-order valence-corrected chi connectivity index (χ2v) is 8.27. The Kier molecular flexibility index (Phi) is 3.60. The minimum Gasteiger partial charge on any atom is -0.330 e. The topological polar surface area (TPSA) is 26.0 Å². The summed E-state index contributed by atoms with van der Waals surface area (Å²) in [4.78, 5) is 0. The average molecular weight is 251 g/mol. The summed E-state index contributed by atoms with van der Waals surface area (Å²) >= 11 is 0. The van der Waals surface area contributed by atoms with Crippen molar-refractivity contribution in [3.05, 3.63) is 0 Å². The van der Waals surface area contributed by atoms with Gasteiger partial charge in [-0.05, 0) is 59.8 Å². The Bertz CT molecular complexity index is 307. The molecular formula is C17H33N. The van der Waals surface area contributed by atoms with E-state index in [-0.39, 0.29) is 0 Å². The summed E-state index contributed by atoms with van der Waals surface area (Å²) in [7, 11) is 0. The lowest BCUT2D eigenvalue weighted by Crippen LogP contribution is -2.44. The fourth-order valence-electron chi connectivity index (χ4n) is 5.39. The standard InChI is InChI=1S/C17H33N/c1-7-16(5,6)9-17(10-18)14-8-13(14)12(4)15(17)11(2)3/h11-15H,7-10,18H2,1-6H3. The molecule has 2 N–H and O–H groups in total. The lowest BCUT2D eigenvalue weighted by Gasteiger charge is -2.46. The Morgan fingerprint density at radius 1 is 1.33 bits per heavy atom. The zero-order valence-electron chi connectivity index (χ0n) is 13.3. The normalized spacial score (nSPS) is 43.3. The van der Waals surface area contributed by atoms with Gasteiger partial charge in [0.1, 0.15) is 0 Å². The van der Waals surface area contributed by atoms with E-state index in [1.807, 2.05) is 0 Å². The van der Waals surface area contributed by atoms with Gasteiger partial charge in [-0.25, -0.2) is 0 Å². The molecular weight excluding hydrogens is 218 g/mol. The highest BCUT2D eigenvalue weighted by Crippen LogP contribution is 2.71. The molecule has 0 heterocycles. The van der Waals surface area contributed by atoms with E-state index in [2.05, 4.69) is 41.5 Å². The molecule has 5 unspecified atom stereocenters. The minimum absolute atomic E-state index is 0.442. The van der Waals surface area contributed by atoms with E-state index in [0.717, 1.165) is 36.1 Å². The molecule has 0 spiro atoms. The van der Waals surface area contributed by atoms with Crippen molar-refractivity contribution in [1.29, 1.82) is 0 Å². The van der Waals surface area contributed by atoms with E-state index in [1.54, 1.807) is 0 Å². The van der Waals surface area contributed by atoms with E-state index in [9.17, 15) is 0 Å². The Morgan fingerprint density at radius 2 is 1.94 bits per heavy atom. The average Bonchev–Trinajstić information content (AvgIpc) is 3.03. The van der Waals surface area contributed by atoms with Gasteiger partial charge in [0.25, 0.3) is 0 Å². The molecule has 0 saturated heterocycles. The van der Waals surface area contributed by atoms with Crippen LogP contribution >= 0.6 is 0 Å². The number of hydrogen-bond donors (Lipinski definition) is 1. The van der Waals surface area contributed by atoms with Gasteiger partial charge < -0.3 is 5.73 Å². The third-order valence-corrected chi connectivity index (χ3v) is 6.35. The van der Waals surface area contributed by atoms with Crippen molar-refractivity contribution in [3.8, 4) is 0 Å². The van der Waals surface area contributed by atoms with Crippen LogP contribution < -0.4 is 5.73 Å². The van der Waals surface area contributed by atoms with Crippen molar-refractivity contribution in [3.63, 3.8) is 0 Å². The van der Waals surface area contributed by atoms with Crippen LogP contribution in [-0.4, -0.2) is 6.54 Å². The molecule has 2 aliphatic carbocycles. The van der Waals surface area contributed by atoms with Crippen molar-refractivity contribution in [2.75, 3.05) is 6.54 Å². The number of rotatable bonds is 5. The zero-order valence-corrected chi connectivity index (χ0v) is 13.3. The maximum atomic E-state index is 6.34. The maximum absolute atomic E-state index is 6.34. The molecule has 2 saturated carbocycles. The molecule has 0 amide bonds. The van der Waals surface area contributed by atoms with Gasteiger partial charge in [-0.3, -0.25) is 0 Å². The summed E-state index contributed by atoms with van der Waals surface area (Å²) < 4.78 is 0. The molecule has 1 nitrogen and oxygen atoms in total. The Hall–Kier alpha value is -0.0400. The highest BCUT2D eigenvalue weighted by Gasteiger charge is 2.66. The number of fused-ring (bicyclic) bond motifs is 1. The zero-order chi connectivity index (χ0) is 13.7. The van der Waals surface area contributed by atoms with Crippen LogP contribution in [0.1, 0.15) is 60.8 Å². The van der Waals surface area contributed by atoms with Crippen LogP contribution in [0.25, 0.3) is 0 Å². The monoisotopic (exact) mass is 251 g/mol. The largest absolute Gasteiger partial charge is 0.330 e. The molecule has 1 heteroatoms. The molecule has 0 aromatic heterocycles. The first kappa shape index (κ1) is 14.4. The molecule has 5 atom stereocenters. The molecule has 2 fully saturated rings. The van der Waals surface area contributed by atoms with E-state index in [4.69, 9.17) is 5.73 Å². The fraction of sp³-hybridized carbons (Fsp3) is 1.00. The van der Waals surface area contributed by atoms with Gasteiger partial charge in [-0.1, -0.05) is 48.0 Å². The molecule has 0 bridgehead atoms. The van der Waals surface area contributed by atoms with Crippen LogP contribution in [0.2, 0.25) is 0 Å². The van der Waals surface area contributed by atoms with Crippen LogP contribution in [0, 0.1) is 40.4 Å². The smallest absolute Gasteiger partial charge is 0.00147 e. The summed E-state index contributed by atoms with van der Waals surface area (Å²) in [5.41, 5.74) is 7.23. The van der Waals surface area contributed by atoms with E-state index in [0.29, 0.717) is 10.8 Å². The van der Waals surface area contributed by atoms with Gasteiger partial charge in [0.05, 0.1) is 0 Å². The molecule has 0 aromatic rings. The van der Waals surface area contributed by atoms with Crippen LogP contribution in [0.15, 0.2) is 0 Å². The first-order chi connectivity index (χ1) is 8.29. The van der Waals surface area contributed by atoms with Gasteiger partial charge in [0.2, 0.25) is 0 Å². The van der Waals surface area contributed by atoms with Gasteiger partial charge in [-0.15, -0.1) is 0 Å². The van der Waals surface area contributed by atoms with Crippen LogP contribution in [0.5, 0.6) is 0 Å². The van der Waals surface area contributed by atoms with Crippen LogP contribution in [0.3, 0.4) is 0 Å². The Balaban J connectivity index is 2.29. The lowest BCUT2D eigenvalue weighted by atomic mass is 9.60. The summed E-state index contributed by atoms with van der Waals surface area (Å²) in [6.45, 7) is 15.4. The fourth-order valence-corrected chi connectivity index (χ4v) is 5.39. The second-order valence-electron chi connectivity index (χ2n) is 8.27. The number of hydrogen-bond acceptors (Lipinski definition) is 1. The number of nitrogens with two attached hydrogens (primary N) is 1. The van der Waals surface area contributed by atoms with Crippen molar-refractivity contribution in [2.45, 2.75) is 60.8 Å². The Labute approximate surface area is 114 Å². The van der Waals surface area contributed by atoms with Gasteiger partial charge in [0, 0.05) is 0 Å². The third-order valence-electron chi connectivity index (χ3n) is 6.35. The van der Waals surface area contributed by atoms with Gasteiger partial charge in [-0.2, -0.15) is 0 Å². The van der Waals surface area contributed by atoms with Crippen LogP contribution in [-0.2, 0) is 0 Å². The van der Waals surface area contributed by atoms with Crippen molar-refractivity contribution < 1.29 is 0 Å². The van der Waals surface area contributed by atoms with Crippen molar-refractivity contribution in [1.82, 2.24) is 0 Å². The third kappa shape index (κ3) is 2.03. The molecule has 18 heavy (non-hydrogen) atoms. The highest BCUT2D eigenvalue weighted by atomic mass is 14.8. The summed E-state index contributed by atoms with van der Waals surface area (Å²) in [6, 6.07) is 0. The summed E-state index contributed by atoms with van der Waals surface area (Å²) in [6.07, 6.45) is 4.06. The van der Waals surface area contributed by atoms with Crippen LogP contribution in [0.4, 0.5) is 0 Å². The SMILES string of the molecule is CCC(C)(C)CC1(CN)C2CC2C(C)C1C(C)C. The van der Waals surface area contributed by atoms with E-state index in [1.165, 1.54) is 19.3 Å². The van der Waals surface area contributed by atoms with Crippen molar-refractivity contribution in [2.24, 2.45) is 46.2 Å². The minimum atomic E-state index is 0.442. The summed E-state index contributed by atoms with van der Waals surface area (Å²) in [5, 5.41) is 0. The molecule has 106 valence electrons. The van der Waals surface area contributed by atoms with E-state index < -0.39 is 0 Å². The Morgan fingerprint density at radius 3 is 2.39 bits per heavy atom. The van der Waals surface area contributed by atoms with Gasteiger partial charge >= 0.3 is 0 Å².